The fourth-order valence-corrected chi connectivity index (χ4v) is 2.39. The Bertz CT molecular complexity index is 307. The van der Waals surface area contributed by atoms with Crippen LogP contribution in [0.3, 0.4) is 0 Å². The Morgan fingerprint density at radius 3 is 2.67 bits per heavy atom. The summed E-state index contributed by atoms with van der Waals surface area (Å²) in [6.07, 6.45) is 2.62. The monoisotopic (exact) mass is 223 g/mol. The van der Waals surface area contributed by atoms with E-state index in [9.17, 15) is 0 Å². The lowest BCUT2D eigenvalue weighted by atomic mass is 10.1. The molecule has 0 amide bonds. The van der Waals surface area contributed by atoms with Gasteiger partial charge in [-0.1, -0.05) is 20.3 Å². The molecule has 0 bridgehead atoms. The minimum atomic E-state index is 0.818. The largest absolute Gasteiger partial charge is 0.399 e. The number of nitrogen functional groups attached to an aromatic ring is 1. The van der Waals surface area contributed by atoms with Crippen molar-refractivity contribution in [3.63, 3.8) is 0 Å². The first-order valence-electron chi connectivity index (χ1n) is 5.58. The van der Waals surface area contributed by atoms with Gasteiger partial charge in [-0.3, -0.25) is 0 Å². The van der Waals surface area contributed by atoms with Crippen molar-refractivity contribution in [2.75, 3.05) is 11.5 Å². The topological polar surface area (TPSA) is 26.0 Å². The molecule has 0 aliphatic heterocycles. The summed E-state index contributed by atoms with van der Waals surface area (Å²) < 4.78 is 0. The molecule has 1 aromatic carbocycles. The van der Waals surface area contributed by atoms with Crippen LogP contribution in [0.1, 0.15) is 32.3 Å². The zero-order valence-electron chi connectivity index (χ0n) is 9.92. The lowest BCUT2D eigenvalue weighted by Gasteiger charge is -2.06. The van der Waals surface area contributed by atoms with Crippen LogP contribution >= 0.6 is 11.8 Å². The van der Waals surface area contributed by atoms with E-state index in [2.05, 4.69) is 32.9 Å². The van der Waals surface area contributed by atoms with Crippen molar-refractivity contribution in [2.45, 2.75) is 38.5 Å². The maximum Gasteiger partial charge on any atom is 0.0344 e. The van der Waals surface area contributed by atoms with Crippen LogP contribution in [0.2, 0.25) is 0 Å². The van der Waals surface area contributed by atoms with Gasteiger partial charge in [-0.2, -0.15) is 0 Å². The molecule has 0 aliphatic carbocycles. The Hall–Kier alpha value is -0.630. The zero-order valence-corrected chi connectivity index (χ0v) is 10.7. The zero-order chi connectivity index (χ0) is 11.3. The second-order valence-corrected chi connectivity index (χ2v) is 5.57. The van der Waals surface area contributed by atoms with Crippen molar-refractivity contribution in [1.82, 2.24) is 0 Å². The van der Waals surface area contributed by atoms with Crippen molar-refractivity contribution in [3.05, 3.63) is 23.8 Å². The summed E-state index contributed by atoms with van der Waals surface area (Å²) in [5.74, 6) is 2.03. The SMILES string of the molecule is Cc1cc(SCCCC(C)C)ccc1N. The third-order valence-corrected chi connectivity index (χ3v) is 3.52. The molecule has 0 aromatic heterocycles. The van der Waals surface area contributed by atoms with Gasteiger partial charge in [0, 0.05) is 10.6 Å². The number of benzene rings is 1. The van der Waals surface area contributed by atoms with Crippen LogP contribution in [-0.4, -0.2) is 5.75 Å². The van der Waals surface area contributed by atoms with E-state index in [1.807, 2.05) is 17.8 Å². The Balaban J connectivity index is 2.35. The third-order valence-electron chi connectivity index (χ3n) is 2.44. The molecule has 0 saturated carbocycles. The molecule has 15 heavy (non-hydrogen) atoms. The number of aryl methyl sites for hydroxylation is 1. The highest BCUT2D eigenvalue weighted by molar-refractivity contribution is 7.99. The van der Waals surface area contributed by atoms with E-state index in [0.717, 1.165) is 11.6 Å². The maximum absolute atomic E-state index is 5.77. The van der Waals surface area contributed by atoms with Crippen LogP contribution in [0, 0.1) is 12.8 Å². The highest BCUT2D eigenvalue weighted by Crippen LogP contribution is 2.23. The van der Waals surface area contributed by atoms with Gasteiger partial charge in [0.15, 0.2) is 0 Å². The molecule has 0 fully saturated rings. The van der Waals surface area contributed by atoms with Crippen LogP contribution in [-0.2, 0) is 0 Å². The summed E-state index contributed by atoms with van der Waals surface area (Å²) >= 11 is 1.93. The molecule has 0 unspecified atom stereocenters. The number of rotatable bonds is 5. The van der Waals surface area contributed by atoms with E-state index in [1.165, 1.54) is 29.1 Å². The standard InChI is InChI=1S/C13H21NS/c1-10(2)5-4-8-15-12-6-7-13(14)11(3)9-12/h6-7,9-10H,4-5,8,14H2,1-3H3. The van der Waals surface area contributed by atoms with Gasteiger partial charge in [0.05, 0.1) is 0 Å². The lowest BCUT2D eigenvalue weighted by Crippen LogP contribution is -1.90. The average Bonchev–Trinajstić information content (AvgIpc) is 2.18. The van der Waals surface area contributed by atoms with Gasteiger partial charge in [-0.25, -0.2) is 0 Å². The van der Waals surface area contributed by atoms with Gasteiger partial charge < -0.3 is 5.73 Å². The van der Waals surface area contributed by atoms with Crippen molar-refractivity contribution >= 4 is 17.4 Å². The van der Waals surface area contributed by atoms with Crippen molar-refractivity contribution < 1.29 is 0 Å². The van der Waals surface area contributed by atoms with Crippen LogP contribution < -0.4 is 5.73 Å². The number of nitrogens with two attached hydrogens (primary N) is 1. The summed E-state index contributed by atoms with van der Waals surface area (Å²) in [6.45, 7) is 6.61. The van der Waals surface area contributed by atoms with Crippen LogP contribution in [0.25, 0.3) is 0 Å². The van der Waals surface area contributed by atoms with Gasteiger partial charge in [0.25, 0.3) is 0 Å². The molecule has 2 N–H and O–H groups in total. The highest BCUT2D eigenvalue weighted by atomic mass is 32.2. The summed E-state index contributed by atoms with van der Waals surface area (Å²) in [7, 11) is 0. The summed E-state index contributed by atoms with van der Waals surface area (Å²) in [6, 6.07) is 6.29. The maximum atomic E-state index is 5.77. The number of thioether (sulfide) groups is 1. The van der Waals surface area contributed by atoms with E-state index < -0.39 is 0 Å². The van der Waals surface area contributed by atoms with Crippen LogP contribution in [0.4, 0.5) is 5.69 Å². The van der Waals surface area contributed by atoms with Crippen molar-refractivity contribution in [2.24, 2.45) is 5.92 Å². The van der Waals surface area contributed by atoms with Gasteiger partial charge in [0.1, 0.15) is 0 Å². The quantitative estimate of drug-likeness (QED) is 0.462. The van der Waals surface area contributed by atoms with Gasteiger partial charge in [-0.05, 0) is 48.8 Å². The van der Waals surface area contributed by atoms with Crippen LogP contribution in [0.5, 0.6) is 0 Å². The lowest BCUT2D eigenvalue weighted by molar-refractivity contribution is 0.579. The Morgan fingerprint density at radius 1 is 1.33 bits per heavy atom. The molecule has 1 rings (SSSR count). The molecule has 0 heterocycles. The predicted octanol–water partition coefficient (Wildman–Crippen LogP) is 4.11. The molecule has 2 heteroatoms. The fraction of sp³-hybridized carbons (Fsp3) is 0.538. The number of hydrogen-bond donors (Lipinski definition) is 1. The molecule has 0 spiro atoms. The second kappa shape index (κ2) is 6.06. The molecule has 1 nitrogen and oxygen atoms in total. The van der Waals surface area contributed by atoms with E-state index in [1.54, 1.807) is 0 Å². The average molecular weight is 223 g/mol. The fourth-order valence-electron chi connectivity index (χ4n) is 1.42. The van der Waals surface area contributed by atoms with Crippen molar-refractivity contribution in [3.8, 4) is 0 Å². The molecule has 1 aromatic rings. The Labute approximate surface area is 97.4 Å². The first-order chi connectivity index (χ1) is 7.09. The van der Waals surface area contributed by atoms with E-state index in [4.69, 9.17) is 5.73 Å². The minimum absolute atomic E-state index is 0.818. The van der Waals surface area contributed by atoms with E-state index >= 15 is 0 Å². The first kappa shape index (κ1) is 12.4. The normalized spacial score (nSPS) is 10.9. The molecular weight excluding hydrogens is 202 g/mol. The Morgan fingerprint density at radius 2 is 2.07 bits per heavy atom. The molecule has 0 atom stereocenters. The van der Waals surface area contributed by atoms with E-state index in [0.29, 0.717) is 0 Å². The van der Waals surface area contributed by atoms with Gasteiger partial charge in [-0.15, -0.1) is 11.8 Å². The number of anilines is 1. The van der Waals surface area contributed by atoms with Crippen molar-refractivity contribution in [1.29, 1.82) is 0 Å². The predicted molar refractivity (Wildman–Crippen MR) is 70.4 cm³/mol. The Kier molecular flexibility index (Phi) is 5.03. The van der Waals surface area contributed by atoms with Gasteiger partial charge >= 0.3 is 0 Å². The molecule has 0 saturated heterocycles. The van der Waals surface area contributed by atoms with Crippen LogP contribution in [0.15, 0.2) is 23.1 Å². The molecule has 84 valence electrons. The minimum Gasteiger partial charge on any atom is -0.399 e. The van der Waals surface area contributed by atoms with E-state index in [-0.39, 0.29) is 0 Å². The highest BCUT2D eigenvalue weighted by Gasteiger charge is 1.98. The third kappa shape index (κ3) is 4.61. The van der Waals surface area contributed by atoms with Gasteiger partial charge in [0.2, 0.25) is 0 Å². The molecule has 0 aliphatic rings. The second-order valence-electron chi connectivity index (χ2n) is 4.40. The number of hydrogen-bond acceptors (Lipinski definition) is 2. The molecule has 0 radical (unpaired) electrons. The summed E-state index contributed by atoms with van der Waals surface area (Å²) in [5.41, 5.74) is 7.85. The first-order valence-corrected chi connectivity index (χ1v) is 6.57. The summed E-state index contributed by atoms with van der Waals surface area (Å²) in [5, 5.41) is 0. The summed E-state index contributed by atoms with van der Waals surface area (Å²) in [4.78, 5) is 1.34. The molecular formula is C13H21NS. The smallest absolute Gasteiger partial charge is 0.0344 e.